The Hall–Kier alpha value is -1.40. The molecular formula is C14H10BrF4N. The van der Waals surface area contributed by atoms with Crippen LogP contribution in [-0.4, -0.2) is 7.05 Å². The summed E-state index contributed by atoms with van der Waals surface area (Å²) in [7, 11) is 1.44. The van der Waals surface area contributed by atoms with Gasteiger partial charge in [0.15, 0.2) is 0 Å². The van der Waals surface area contributed by atoms with Gasteiger partial charge in [-0.15, -0.1) is 0 Å². The minimum absolute atomic E-state index is 0.0614. The van der Waals surface area contributed by atoms with Crippen LogP contribution in [0.5, 0.6) is 0 Å². The largest absolute Gasteiger partial charge is 0.309 e. The molecule has 1 N–H and O–H groups in total. The molecule has 0 heterocycles. The van der Waals surface area contributed by atoms with Crippen molar-refractivity contribution in [2.45, 2.75) is 6.04 Å². The van der Waals surface area contributed by atoms with Crippen molar-refractivity contribution in [2.75, 3.05) is 7.05 Å². The van der Waals surface area contributed by atoms with Gasteiger partial charge in [-0.3, -0.25) is 0 Å². The normalized spacial score (nSPS) is 12.5. The summed E-state index contributed by atoms with van der Waals surface area (Å²) in [6.07, 6.45) is 0. The molecule has 6 heteroatoms. The Labute approximate surface area is 121 Å². The molecule has 0 bridgehead atoms. The molecule has 2 rings (SSSR count). The molecule has 1 nitrogen and oxygen atoms in total. The maximum absolute atomic E-state index is 13.9. The second kappa shape index (κ2) is 5.93. The van der Waals surface area contributed by atoms with Gasteiger partial charge in [0.25, 0.3) is 0 Å². The van der Waals surface area contributed by atoms with E-state index in [4.69, 9.17) is 0 Å². The van der Waals surface area contributed by atoms with Gasteiger partial charge in [0.1, 0.15) is 23.3 Å². The SMILES string of the molecule is CNC(c1cc(Br)ccc1F)c1c(F)cc(F)cc1F. The van der Waals surface area contributed by atoms with Gasteiger partial charge >= 0.3 is 0 Å². The molecule has 0 radical (unpaired) electrons. The molecule has 0 saturated carbocycles. The first-order chi connectivity index (χ1) is 9.43. The zero-order valence-electron chi connectivity index (χ0n) is 10.4. The Kier molecular flexibility index (Phi) is 4.45. The smallest absolute Gasteiger partial charge is 0.134 e. The third kappa shape index (κ3) is 2.86. The number of hydrogen-bond acceptors (Lipinski definition) is 1. The highest BCUT2D eigenvalue weighted by Crippen LogP contribution is 2.30. The Balaban J connectivity index is 2.61. The van der Waals surface area contributed by atoms with E-state index in [1.807, 2.05) is 0 Å². The minimum atomic E-state index is -1.07. The number of hydrogen-bond donors (Lipinski definition) is 1. The quantitative estimate of drug-likeness (QED) is 0.815. The number of nitrogens with one attached hydrogen (secondary N) is 1. The van der Waals surface area contributed by atoms with Gasteiger partial charge in [0, 0.05) is 27.7 Å². The van der Waals surface area contributed by atoms with Crippen LogP contribution >= 0.6 is 15.9 Å². The van der Waals surface area contributed by atoms with Crippen molar-refractivity contribution in [3.05, 3.63) is 69.2 Å². The van der Waals surface area contributed by atoms with Crippen LogP contribution in [0.2, 0.25) is 0 Å². The summed E-state index contributed by atoms with van der Waals surface area (Å²) < 4.78 is 55.0. The molecule has 0 aliphatic heterocycles. The lowest BCUT2D eigenvalue weighted by Gasteiger charge is -2.19. The monoisotopic (exact) mass is 347 g/mol. The highest BCUT2D eigenvalue weighted by molar-refractivity contribution is 9.10. The van der Waals surface area contributed by atoms with Crippen LogP contribution in [0.3, 0.4) is 0 Å². The van der Waals surface area contributed by atoms with Gasteiger partial charge in [0.05, 0.1) is 6.04 Å². The molecule has 0 spiro atoms. The summed E-state index contributed by atoms with van der Waals surface area (Å²) in [5, 5.41) is 2.64. The molecule has 0 fully saturated rings. The molecule has 106 valence electrons. The highest BCUT2D eigenvalue weighted by atomic mass is 79.9. The van der Waals surface area contributed by atoms with Crippen molar-refractivity contribution >= 4 is 15.9 Å². The van der Waals surface area contributed by atoms with Crippen LogP contribution < -0.4 is 5.32 Å². The first kappa shape index (κ1) is 15.0. The summed E-state index contributed by atoms with van der Waals surface area (Å²) in [6.45, 7) is 0. The van der Waals surface area contributed by atoms with Crippen LogP contribution in [-0.2, 0) is 0 Å². The Morgan fingerprint density at radius 3 is 2.10 bits per heavy atom. The lowest BCUT2D eigenvalue weighted by molar-refractivity contribution is 0.491. The standard InChI is InChI=1S/C14H10BrF4N/c1-20-14(9-4-7(15)2-3-10(9)17)13-11(18)5-8(16)6-12(13)19/h2-6,14,20H,1H3. The molecule has 0 aromatic heterocycles. The first-order valence-corrected chi connectivity index (χ1v) is 6.50. The zero-order chi connectivity index (χ0) is 14.9. The van der Waals surface area contributed by atoms with E-state index in [0.29, 0.717) is 16.6 Å². The third-order valence-electron chi connectivity index (χ3n) is 2.89. The number of halogens is 5. The Morgan fingerprint density at radius 1 is 0.950 bits per heavy atom. The Morgan fingerprint density at radius 2 is 1.55 bits per heavy atom. The van der Waals surface area contributed by atoms with Crippen LogP contribution in [0.1, 0.15) is 17.2 Å². The van der Waals surface area contributed by atoms with Crippen LogP contribution in [0.15, 0.2) is 34.8 Å². The van der Waals surface area contributed by atoms with Crippen LogP contribution in [0, 0.1) is 23.3 Å². The van der Waals surface area contributed by atoms with Gasteiger partial charge in [0.2, 0.25) is 0 Å². The average Bonchev–Trinajstić information content (AvgIpc) is 2.37. The van der Waals surface area contributed by atoms with Gasteiger partial charge < -0.3 is 5.32 Å². The van der Waals surface area contributed by atoms with Crippen LogP contribution in [0.4, 0.5) is 17.6 Å². The minimum Gasteiger partial charge on any atom is -0.309 e. The summed E-state index contributed by atoms with van der Waals surface area (Å²) in [4.78, 5) is 0. The lowest BCUT2D eigenvalue weighted by Crippen LogP contribution is -2.22. The van der Waals surface area contributed by atoms with E-state index < -0.39 is 34.9 Å². The van der Waals surface area contributed by atoms with E-state index in [0.717, 1.165) is 0 Å². The van der Waals surface area contributed by atoms with Gasteiger partial charge in [-0.25, -0.2) is 17.6 Å². The predicted molar refractivity (Wildman–Crippen MR) is 71.3 cm³/mol. The predicted octanol–water partition coefficient (Wildman–Crippen LogP) is 4.31. The summed E-state index contributed by atoms with van der Waals surface area (Å²) in [5.74, 6) is -3.77. The summed E-state index contributed by atoms with van der Waals surface area (Å²) in [5.41, 5.74) is -0.364. The van der Waals surface area contributed by atoms with Crippen molar-refractivity contribution in [3.8, 4) is 0 Å². The zero-order valence-corrected chi connectivity index (χ0v) is 11.9. The fourth-order valence-corrected chi connectivity index (χ4v) is 2.40. The molecule has 20 heavy (non-hydrogen) atoms. The van der Waals surface area contributed by atoms with Crippen molar-refractivity contribution in [1.29, 1.82) is 0 Å². The third-order valence-corrected chi connectivity index (χ3v) is 3.38. The van der Waals surface area contributed by atoms with Gasteiger partial charge in [-0.2, -0.15) is 0 Å². The maximum atomic E-state index is 13.9. The molecule has 1 unspecified atom stereocenters. The van der Waals surface area contributed by atoms with E-state index >= 15 is 0 Å². The lowest BCUT2D eigenvalue weighted by atomic mass is 9.97. The number of benzene rings is 2. The second-order valence-corrected chi connectivity index (χ2v) is 5.09. The fourth-order valence-electron chi connectivity index (χ4n) is 2.02. The van der Waals surface area contributed by atoms with E-state index in [2.05, 4.69) is 21.2 Å². The summed E-state index contributed by atoms with van der Waals surface area (Å²) >= 11 is 3.17. The van der Waals surface area contributed by atoms with Gasteiger partial charge in [-0.1, -0.05) is 15.9 Å². The Bertz CT molecular complexity index is 622. The van der Waals surface area contributed by atoms with Crippen molar-refractivity contribution in [2.24, 2.45) is 0 Å². The molecule has 0 aliphatic carbocycles. The molecule has 2 aromatic rings. The topological polar surface area (TPSA) is 12.0 Å². The second-order valence-electron chi connectivity index (χ2n) is 4.17. The van der Waals surface area contributed by atoms with E-state index in [-0.39, 0.29) is 5.56 Å². The molecule has 0 amide bonds. The van der Waals surface area contributed by atoms with E-state index in [1.165, 1.54) is 25.2 Å². The molecule has 0 saturated heterocycles. The number of rotatable bonds is 3. The van der Waals surface area contributed by atoms with Crippen molar-refractivity contribution in [3.63, 3.8) is 0 Å². The fraction of sp³-hybridized carbons (Fsp3) is 0.143. The highest BCUT2D eigenvalue weighted by Gasteiger charge is 2.24. The van der Waals surface area contributed by atoms with Crippen LogP contribution in [0.25, 0.3) is 0 Å². The van der Waals surface area contributed by atoms with Crippen molar-refractivity contribution in [1.82, 2.24) is 5.32 Å². The molecular weight excluding hydrogens is 338 g/mol. The molecule has 2 aromatic carbocycles. The molecule has 1 atom stereocenters. The summed E-state index contributed by atoms with van der Waals surface area (Å²) in [6, 6.07) is 4.15. The van der Waals surface area contributed by atoms with Gasteiger partial charge in [-0.05, 0) is 25.2 Å². The molecule has 0 aliphatic rings. The van der Waals surface area contributed by atoms with E-state index in [9.17, 15) is 17.6 Å². The van der Waals surface area contributed by atoms with E-state index in [1.54, 1.807) is 0 Å². The average molecular weight is 348 g/mol. The van der Waals surface area contributed by atoms with Crippen molar-refractivity contribution < 1.29 is 17.6 Å². The maximum Gasteiger partial charge on any atom is 0.134 e. The first-order valence-electron chi connectivity index (χ1n) is 5.70.